The van der Waals surface area contributed by atoms with Crippen LogP contribution in [0.5, 0.6) is 0 Å². The molecule has 2 heterocycles. The maximum atomic E-state index is 13.1. The topological polar surface area (TPSA) is 84.3 Å². The molecule has 4 rings (SSSR count). The number of aromatic nitrogens is 2. The van der Waals surface area contributed by atoms with Crippen LogP contribution in [-0.4, -0.2) is 41.5 Å². The molecule has 32 heavy (non-hydrogen) atoms. The summed E-state index contributed by atoms with van der Waals surface area (Å²) in [4.78, 5) is 12.9. The average Bonchev–Trinajstić information content (AvgIpc) is 3.28. The molecule has 0 saturated carbocycles. The maximum absolute atomic E-state index is 13.1. The molecule has 0 unspecified atom stereocenters. The van der Waals surface area contributed by atoms with Crippen LogP contribution in [-0.2, 0) is 23.1 Å². The van der Waals surface area contributed by atoms with Crippen molar-refractivity contribution in [3.05, 3.63) is 82.6 Å². The van der Waals surface area contributed by atoms with E-state index in [0.717, 1.165) is 24.8 Å². The Balaban J connectivity index is 1.44. The normalized spacial score (nSPS) is 14.9. The second kappa shape index (κ2) is 9.85. The van der Waals surface area contributed by atoms with E-state index in [1.54, 1.807) is 35.1 Å². The number of hydrogen-bond acceptors (Lipinski definition) is 4. The lowest BCUT2D eigenvalue weighted by Gasteiger charge is -2.26. The number of piperidine rings is 1. The lowest BCUT2D eigenvalue weighted by Crippen LogP contribution is -2.36. The van der Waals surface area contributed by atoms with Crippen LogP contribution in [0.1, 0.15) is 40.7 Å². The molecule has 2 aromatic carbocycles. The molecule has 0 aliphatic carbocycles. The maximum Gasteiger partial charge on any atom is 0.254 e. The van der Waals surface area contributed by atoms with Crippen LogP contribution in [0.4, 0.5) is 0 Å². The van der Waals surface area contributed by atoms with Gasteiger partial charge in [-0.05, 0) is 36.1 Å². The zero-order valence-electron chi connectivity index (χ0n) is 17.6. The van der Waals surface area contributed by atoms with Crippen molar-refractivity contribution in [3.63, 3.8) is 0 Å². The summed E-state index contributed by atoms with van der Waals surface area (Å²) < 4.78 is 29.4. The second-order valence-electron chi connectivity index (χ2n) is 7.77. The number of benzene rings is 2. The molecular weight excluding hydrogens is 448 g/mol. The average molecular weight is 473 g/mol. The highest BCUT2D eigenvalue weighted by molar-refractivity contribution is 7.89. The fourth-order valence-corrected chi connectivity index (χ4v) is 5.73. The zero-order valence-corrected chi connectivity index (χ0v) is 19.1. The van der Waals surface area contributed by atoms with E-state index in [2.05, 4.69) is 10.4 Å². The van der Waals surface area contributed by atoms with Gasteiger partial charge in [-0.1, -0.05) is 54.4 Å². The Kier molecular flexibility index (Phi) is 6.93. The van der Waals surface area contributed by atoms with E-state index in [9.17, 15) is 13.2 Å². The summed E-state index contributed by atoms with van der Waals surface area (Å²) in [5, 5.41) is 7.70. The van der Waals surface area contributed by atoms with Gasteiger partial charge in [0.25, 0.3) is 5.91 Å². The summed E-state index contributed by atoms with van der Waals surface area (Å²) in [6.45, 7) is 1.63. The minimum absolute atomic E-state index is 0.109. The fourth-order valence-electron chi connectivity index (χ4n) is 3.79. The Bertz CT molecular complexity index is 1200. The Morgan fingerprint density at radius 2 is 1.69 bits per heavy atom. The lowest BCUT2D eigenvalue weighted by molar-refractivity contribution is 0.0950. The van der Waals surface area contributed by atoms with Crippen molar-refractivity contribution in [1.82, 2.24) is 19.4 Å². The van der Waals surface area contributed by atoms with Crippen LogP contribution in [0.15, 0.2) is 65.8 Å². The molecule has 1 aliphatic heterocycles. The van der Waals surface area contributed by atoms with Crippen LogP contribution < -0.4 is 5.32 Å². The largest absolute Gasteiger partial charge is 0.348 e. The molecule has 0 atom stereocenters. The van der Waals surface area contributed by atoms with Crippen molar-refractivity contribution in [3.8, 4) is 0 Å². The Labute approximate surface area is 193 Å². The number of carbonyl (C=O) groups excluding carboxylic acids is 1. The molecule has 1 aliphatic rings. The van der Waals surface area contributed by atoms with Gasteiger partial charge in [-0.3, -0.25) is 9.48 Å². The smallest absolute Gasteiger partial charge is 0.254 e. The number of rotatable bonds is 7. The molecule has 7 nitrogen and oxygen atoms in total. The first-order chi connectivity index (χ1) is 15.4. The van der Waals surface area contributed by atoms with Gasteiger partial charge in [0.2, 0.25) is 10.0 Å². The molecule has 168 valence electrons. The molecule has 0 radical (unpaired) electrons. The van der Waals surface area contributed by atoms with E-state index in [0.29, 0.717) is 35.8 Å². The predicted molar refractivity (Wildman–Crippen MR) is 123 cm³/mol. The first-order valence-corrected chi connectivity index (χ1v) is 12.4. The van der Waals surface area contributed by atoms with Crippen molar-refractivity contribution >= 4 is 27.5 Å². The minimum Gasteiger partial charge on any atom is -0.348 e. The molecule has 1 saturated heterocycles. The van der Waals surface area contributed by atoms with Crippen LogP contribution in [0.25, 0.3) is 0 Å². The highest BCUT2D eigenvalue weighted by atomic mass is 35.5. The minimum atomic E-state index is -3.59. The third-order valence-electron chi connectivity index (χ3n) is 5.53. The number of carbonyl (C=O) groups is 1. The third kappa shape index (κ3) is 5.03. The molecule has 3 aromatic rings. The second-order valence-corrected chi connectivity index (χ2v) is 10.1. The summed E-state index contributed by atoms with van der Waals surface area (Å²) in [7, 11) is -3.59. The van der Waals surface area contributed by atoms with Crippen molar-refractivity contribution in [2.75, 3.05) is 13.1 Å². The number of nitrogens with one attached hydrogen (secondary N) is 1. The van der Waals surface area contributed by atoms with E-state index < -0.39 is 10.0 Å². The van der Waals surface area contributed by atoms with Crippen LogP contribution in [0, 0.1) is 0 Å². The molecule has 1 amide bonds. The monoisotopic (exact) mass is 472 g/mol. The summed E-state index contributed by atoms with van der Waals surface area (Å²) in [6, 6.07) is 14.3. The molecular formula is C23H25ClN4O3S. The van der Waals surface area contributed by atoms with Crippen molar-refractivity contribution in [1.29, 1.82) is 0 Å². The first-order valence-electron chi connectivity index (χ1n) is 10.6. The Hall–Kier alpha value is -2.68. The van der Waals surface area contributed by atoms with Gasteiger partial charge < -0.3 is 5.32 Å². The van der Waals surface area contributed by atoms with Gasteiger partial charge in [0.15, 0.2) is 0 Å². The molecule has 0 spiro atoms. The first kappa shape index (κ1) is 22.5. The van der Waals surface area contributed by atoms with Gasteiger partial charge in [0.05, 0.1) is 23.2 Å². The quantitative estimate of drug-likeness (QED) is 0.568. The van der Waals surface area contributed by atoms with Crippen LogP contribution >= 0.6 is 11.6 Å². The van der Waals surface area contributed by atoms with E-state index in [1.807, 2.05) is 24.3 Å². The third-order valence-corrected chi connectivity index (χ3v) is 7.90. The van der Waals surface area contributed by atoms with E-state index >= 15 is 0 Å². The van der Waals surface area contributed by atoms with Gasteiger partial charge in [-0.2, -0.15) is 9.40 Å². The van der Waals surface area contributed by atoms with Gasteiger partial charge in [0, 0.05) is 30.9 Å². The van der Waals surface area contributed by atoms with Gasteiger partial charge in [-0.15, -0.1) is 0 Å². The summed E-state index contributed by atoms with van der Waals surface area (Å²) in [5.74, 6) is -0.319. The molecule has 1 fully saturated rings. The lowest BCUT2D eigenvalue weighted by atomic mass is 10.2. The Morgan fingerprint density at radius 3 is 2.44 bits per heavy atom. The fraction of sp³-hybridized carbons (Fsp3) is 0.304. The van der Waals surface area contributed by atoms with E-state index in [-0.39, 0.29) is 17.3 Å². The SMILES string of the molecule is O=C(NCc1ccccc1S(=O)(=O)N1CCCCC1)c1cnn(Cc2ccccc2Cl)c1. The van der Waals surface area contributed by atoms with Gasteiger partial charge in [-0.25, -0.2) is 8.42 Å². The molecule has 0 bridgehead atoms. The van der Waals surface area contributed by atoms with Crippen molar-refractivity contribution in [2.24, 2.45) is 0 Å². The summed E-state index contributed by atoms with van der Waals surface area (Å²) in [5.41, 5.74) is 1.87. The van der Waals surface area contributed by atoms with Crippen LogP contribution in [0.3, 0.4) is 0 Å². The number of nitrogens with zero attached hydrogens (tertiary/aromatic N) is 3. The summed E-state index contributed by atoms with van der Waals surface area (Å²) in [6.07, 6.45) is 5.93. The van der Waals surface area contributed by atoms with Crippen molar-refractivity contribution in [2.45, 2.75) is 37.2 Å². The van der Waals surface area contributed by atoms with Gasteiger partial charge in [0.1, 0.15) is 0 Å². The predicted octanol–water partition coefficient (Wildman–Crippen LogP) is 3.69. The van der Waals surface area contributed by atoms with E-state index in [4.69, 9.17) is 11.6 Å². The molecule has 9 heteroatoms. The van der Waals surface area contributed by atoms with Crippen LogP contribution in [0.2, 0.25) is 5.02 Å². The number of hydrogen-bond donors (Lipinski definition) is 1. The number of halogens is 1. The standard InChI is InChI=1S/C23H25ClN4O3S/c24-21-10-4-2-9-19(21)16-27-17-20(15-26-27)23(29)25-14-18-8-3-5-11-22(18)32(30,31)28-12-6-1-7-13-28/h2-5,8-11,15,17H,1,6-7,12-14,16H2,(H,25,29). The highest BCUT2D eigenvalue weighted by Gasteiger charge is 2.28. The highest BCUT2D eigenvalue weighted by Crippen LogP contribution is 2.23. The van der Waals surface area contributed by atoms with Crippen molar-refractivity contribution < 1.29 is 13.2 Å². The van der Waals surface area contributed by atoms with Gasteiger partial charge >= 0.3 is 0 Å². The molecule has 1 N–H and O–H groups in total. The van der Waals surface area contributed by atoms with E-state index in [1.165, 1.54) is 10.5 Å². The summed E-state index contributed by atoms with van der Waals surface area (Å²) >= 11 is 6.20. The Morgan fingerprint density at radius 1 is 1.00 bits per heavy atom. The number of amides is 1. The zero-order chi connectivity index (χ0) is 22.6. The number of sulfonamides is 1. The molecule has 1 aromatic heterocycles.